The van der Waals surface area contributed by atoms with E-state index in [1.54, 1.807) is 12.1 Å². The first-order chi connectivity index (χ1) is 12.5. The van der Waals surface area contributed by atoms with Crippen molar-refractivity contribution in [3.05, 3.63) is 33.3 Å². The Labute approximate surface area is 164 Å². The van der Waals surface area contributed by atoms with Gasteiger partial charge in [-0.3, -0.25) is 9.59 Å². The Hall–Kier alpha value is -1.10. The highest BCUT2D eigenvalue weighted by atomic mass is 35.5. The van der Waals surface area contributed by atoms with E-state index in [1.165, 1.54) is 19.3 Å². The maximum atomic E-state index is 13.4. The van der Waals surface area contributed by atoms with E-state index in [9.17, 15) is 9.59 Å². The Morgan fingerprint density at radius 2 is 1.73 bits per heavy atom. The van der Waals surface area contributed by atoms with Crippen LogP contribution in [0.2, 0.25) is 10.0 Å². The van der Waals surface area contributed by atoms with Crippen LogP contribution in [-0.2, 0) is 4.79 Å². The summed E-state index contributed by atoms with van der Waals surface area (Å²) in [6.45, 7) is 4.02. The molecule has 1 aliphatic carbocycles. The number of Topliss-reactive ketones (excluding diaryl/α,β-unsaturated/α-hetero) is 1. The zero-order valence-electron chi connectivity index (χ0n) is 14.8. The molecule has 6 heteroatoms. The fourth-order valence-electron chi connectivity index (χ4n) is 4.66. The molecule has 2 fully saturated rings. The molecule has 1 aromatic rings. The van der Waals surface area contributed by atoms with E-state index in [0.29, 0.717) is 15.6 Å². The molecule has 2 atom stereocenters. The van der Waals surface area contributed by atoms with Gasteiger partial charge in [-0.25, -0.2) is 0 Å². The minimum atomic E-state index is -0.411. The third-order valence-electron chi connectivity index (χ3n) is 6.03. The number of hydrogen-bond donors (Lipinski definition) is 0. The third-order valence-corrected chi connectivity index (χ3v) is 6.76. The van der Waals surface area contributed by atoms with Crippen molar-refractivity contribution in [2.45, 2.75) is 50.5 Å². The Morgan fingerprint density at radius 1 is 1.04 bits per heavy atom. The van der Waals surface area contributed by atoms with Gasteiger partial charge in [0.15, 0.2) is 5.78 Å². The van der Waals surface area contributed by atoms with E-state index in [2.05, 4.69) is 4.90 Å². The molecule has 0 spiro atoms. The molecule has 2 unspecified atom stereocenters. The fourth-order valence-corrected chi connectivity index (χ4v) is 5.00. The van der Waals surface area contributed by atoms with E-state index in [0.717, 1.165) is 44.6 Å². The smallest absolute Gasteiger partial charge is 0.230 e. The first-order valence-electron chi connectivity index (χ1n) is 9.59. The molecule has 1 amide bonds. The highest BCUT2D eigenvalue weighted by molar-refractivity contribution is 6.42. The van der Waals surface area contributed by atoms with Gasteiger partial charge in [-0.05, 0) is 62.9 Å². The second-order valence-electron chi connectivity index (χ2n) is 7.72. The molecule has 26 heavy (non-hydrogen) atoms. The SMILES string of the molecule is O=C1CC(C(=O)N2CCCCC2CN2CCCC2)c2cc(Cl)c(Cl)cc21. The Balaban J connectivity index is 1.56. The van der Waals surface area contributed by atoms with Gasteiger partial charge < -0.3 is 9.80 Å². The van der Waals surface area contributed by atoms with Gasteiger partial charge in [0.05, 0.1) is 16.0 Å². The van der Waals surface area contributed by atoms with Crippen LogP contribution in [-0.4, -0.2) is 53.7 Å². The van der Waals surface area contributed by atoms with Gasteiger partial charge in [0.1, 0.15) is 0 Å². The second-order valence-corrected chi connectivity index (χ2v) is 8.54. The van der Waals surface area contributed by atoms with Gasteiger partial charge >= 0.3 is 0 Å². The first kappa shape index (κ1) is 18.3. The molecule has 0 aromatic heterocycles. The van der Waals surface area contributed by atoms with Crippen molar-refractivity contribution in [3.8, 4) is 0 Å². The quantitative estimate of drug-likeness (QED) is 0.773. The molecule has 0 radical (unpaired) electrons. The number of likely N-dealkylation sites (tertiary alicyclic amines) is 2. The van der Waals surface area contributed by atoms with Crippen molar-refractivity contribution in [3.63, 3.8) is 0 Å². The highest BCUT2D eigenvalue weighted by Crippen LogP contribution is 2.39. The number of carbonyl (C=O) groups is 2. The van der Waals surface area contributed by atoms with E-state index >= 15 is 0 Å². The van der Waals surface area contributed by atoms with Gasteiger partial charge in [0.25, 0.3) is 0 Å². The van der Waals surface area contributed by atoms with Gasteiger partial charge in [-0.2, -0.15) is 0 Å². The number of amides is 1. The predicted octanol–water partition coefficient (Wildman–Crippen LogP) is 4.14. The van der Waals surface area contributed by atoms with Crippen LogP contribution in [0.1, 0.15) is 60.4 Å². The molecule has 140 valence electrons. The normalized spacial score (nSPS) is 26.4. The highest BCUT2D eigenvalue weighted by Gasteiger charge is 2.40. The molecule has 2 aliphatic heterocycles. The number of hydrogen-bond acceptors (Lipinski definition) is 3. The lowest BCUT2D eigenvalue weighted by atomic mass is 9.95. The van der Waals surface area contributed by atoms with E-state index in [4.69, 9.17) is 23.2 Å². The lowest BCUT2D eigenvalue weighted by Crippen LogP contribution is -2.50. The number of benzene rings is 1. The number of rotatable bonds is 3. The van der Waals surface area contributed by atoms with Gasteiger partial charge in [0.2, 0.25) is 5.91 Å². The minimum absolute atomic E-state index is 0.00924. The average Bonchev–Trinajstić information content (AvgIpc) is 3.24. The fraction of sp³-hybridized carbons (Fsp3) is 0.600. The largest absolute Gasteiger partial charge is 0.338 e. The molecule has 2 heterocycles. The van der Waals surface area contributed by atoms with Crippen molar-refractivity contribution in [1.29, 1.82) is 0 Å². The summed E-state index contributed by atoms with van der Waals surface area (Å²) in [5, 5.41) is 0.780. The van der Waals surface area contributed by atoms with Crippen molar-refractivity contribution < 1.29 is 9.59 Å². The molecule has 0 bridgehead atoms. The summed E-state index contributed by atoms with van der Waals surface area (Å²) in [5.74, 6) is -0.337. The topological polar surface area (TPSA) is 40.6 Å². The van der Waals surface area contributed by atoms with Gasteiger partial charge in [-0.1, -0.05) is 23.2 Å². The van der Waals surface area contributed by atoms with Gasteiger partial charge in [-0.15, -0.1) is 0 Å². The Morgan fingerprint density at radius 3 is 2.50 bits per heavy atom. The lowest BCUT2D eigenvalue weighted by Gasteiger charge is -2.39. The van der Waals surface area contributed by atoms with Crippen molar-refractivity contribution in [2.75, 3.05) is 26.2 Å². The number of piperidine rings is 1. The van der Waals surface area contributed by atoms with Crippen LogP contribution in [0.5, 0.6) is 0 Å². The van der Waals surface area contributed by atoms with E-state index in [1.807, 2.05) is 4.90 Å². The third kappa shape index (κ3) is 3.39. The van der Waals surface area contributed by atoms with Crippen molar-refractivity contribution in [2.24, 2.45) is 0 Å². The number of fused-ring (bicyclic) bond motifs is 1. The summed E-state index contributed by atoms with van der Waals surface area (Å²) in [7, 11) is 0. The lowest BCUT2D eigenvalue weighted by molar-refractivity contribution is -0.136. The van der Waals surface area contributed by atoms with Crippen LogP contribution in [0.3, 0.4) is 0 Å². The van der Waals surface area contributed by atoms with E-state index < -0.39 is 5.92 Å². The summed E-state index contributed by atoms with van der Waals surface area (Å²) in [5.41, 5.74) is 1.31. The second kappa shape index (κ2) is 7.49. The zero-order valence-corrected chi connectivity index (χ0v) is 16.4. The van der Waals surface area contributed by atoms with Crippen molar-refractivity contribution >= 4 is 34.9 Å². The molecule has 3 aliphatic rings. The maximum Gasteiger partial charge on any atom is 0.230 e. The van der Waals surface area contributed by atoms with Crippen LogP contribution in [0.4, 0.5) is 0 Å². The number of carbonyl (C=O) groups excluding carboxylic acids is 2. The molecule has 4 rings (SSSR count). The summed E-state index contributed by atoms with van der Waals surface area (Å²) in [6, 6.07) is 3.59. The van der Waals surface area contributed by atoms with Gasteiger partial charge in [0, 0.05) is 31.1 Å². The monoisotopic (exact) mass is 394 g/mol. The summed E-state index contributed by atoms with van der Waals surface area (Å²) >= 11 is 12.2. The summed E-state index contributed by atoms with van der Waals surface area (Å²) in [6.07, 6.45) is 6.00. The number of ketones is 1. The molecule has 0 saturated carbocycles. The Kier molecular flexibility index (Phi) is 5.27. The summed E-state index contributed by atoms with van der Waals surface area (Å²) in [4.78, 5) is 30.3. The van der Waals surface area contributed by atoms with Crippen LogP contribution in [0.25, 0.3) is 0 Å². The molecular formula is C20H24Cl2N2O2. The van der Waals surface area contributed by atoms with Crippen LogP contribution >= 0.6 is 23.2 Å². The standard InChI is InChI=1S/C20H24Cl2N2O2/c21-17-9-14-15(10-18(17)22)19(25)11-16(14)20(26)24-8-2-1-5-13(24)12-23-6-3-4-7-23/h9-10,13,16H,1-8,11-12H2. The van der Waals surface area contributed by atoms with Crippen molar-refractivity contribution in [1.82, 2.24) is 9.80 Å². The molecule has 0 N–H and O–H groups in total. The number of halogens is 2. The summed E-state index contributed by atoms with van der Waals surface area (Å²) < 4.78 is 0. The molecule has 1 aromatic carbocycles. The van der Waals surface area contributed by atoms with Crippen LogP contribution in [0, 0.1) is 0 Å². The predicted molar refractivity (Wildman–Crippen MR) is 103 cm³/mol. The van der Waals surface area contributed by atoms with Crippen LogP contribution < -0.4 is 0 Å². The molecule has 4 nitrogen and oxygen atoms in total. The maximum absolute atomic E-state index is 13.4. The van der Waals surface area contributed by atoms with Crippen LogP contribution in [0.15, 0.2) is 12.1 Å². The average molecular weight is 395 g/mol. The molecule has 2 saturated heterocycles. The first-order valence-corrected chi connectivity index (χ1v) is 10.3. The molecular weight excluding hydrogens is 371 g/mol. The Bertz CT molecular complexity index is 731. The number of nitrogens with zero attached hydrogens (tertiary/aromatic N) is 2. The zero-order chi connectivity index (χ0) is 18.3. The minimum Gasteiger partial charge on any atom is -0.338 e. The van der Waals surface area contributed by atoms with E-state index in [-0.39, 0.29) is 24.2 Å².